The minimum Gasteiger partial charge on any atom is -0.467 e. The Kier molecular flexibility index (Phi) is 2.87. The topological polar surface area (TPSA) is 68.4 Å². The number of nitrogens with zero attached hydrogens (tertiary/aromatic N) is 2. The molecule has 0 atom stereocenters. The van der Waals surface area contributed by atoms with Crippen molar-refractivity contribution < 1.29 is 8.83 Å². The lowest BCUT2D eigenvalue weighted by molar-refractivity contribution is 0.488. The van der Waals surface area contributed by atoms with Crippen molar-refractivity contribution >= 4 is 22.8 Å². The van der Waals surface area contributed by atoms with Gasteiger partial charge >= 0.3 is 0 Å². The van der Waals surface area contributed by atoms with E-state index in [1.54, 1.807) is 6.26 Å². The smallest absolute Gasteiger partial charge is 0.298 e. The molecule has 3 rings (SSSR count). The number of oxazole rings is 1. The lowest BCUT2D eigenvalue weighted by Crippen LogP contribution is -2.21. The van der Waals surface area contributed by atoms with Gasteiger partial charge in [0.15, 0.2) is 5.58 Å². The van der Waals surface area contributed by atoms with E-state index in [0.717, 1.165) is 12.3 Å². The van der Waals surface area contributed by atoms with E-state index in [1.165, 1.54) is 0 Å². The highest BCUT2D eigenvalue weighted by Gasteiger charge is 2.15. The van der Waals surface area contributed by atoms with Gasteiger partial charge in [-0.1, -0.05) is 6.07 Å². The zero-order chi connectivity index (χ0) is 13.2. The van der Waals surface area contributed by atoms with E-state index in [9.17, 15) is 0 Å². The monoisotopic (exact) mass is 257 g/mol. The highest BCUT2D eigenvalue weighted by molar-refractivity contribution is 5.86. The third kappa shape index (κ3) is 2.14. The van der Waals surface area contributed by atoms with Crippen LogP contribution in [0.15, 0.2) is 45.4 Å². The molecule has 19 heavy (non-hydrogen) atoms. The molecule has 0 aliphatic heterocycles. The quantitative estimate of drug-likeness (QED) is 0.727. The number of benzene rings is 1. The molecule has 2 heterocycles. The van der Waals surface area contributed by atoms with Crippen molar-refractivity contribution in [2.75, 3.05) is 17.2 Å². The molecule has 0 spiro atoms. The summed E-state index contributed by atoms with van der Waals surface area (Å²) in [5.41, 5.74) is 7.92. The Morgan fingerprint density at radius 3 is 2.84 bits per heavy atom. The van der Waals surface area contributed by atoms with Gasteiger partial charge in [-0.3, -0.25) is 0 Å². The molecule has 0 aliphatic carbocycles. The number of aromatic nitrogens is 1. The Balaban J connectivity index is 1.95. The van der Waals surface area contributed by atoms with Gasteiger partial charge in [0.1, 0.15) is 11.3 Å². The summed E-state index contributed by atoms with van der Waals surface area (Å²) in [6.45, 7) is 3.44. The number of hydrogen-bond acceptors (Lipinski definition) is 5. The summed E-state index contributed by atoms with van der Waals surface area (Å²) in [6, 6.07) is 9.90. The van der Waals surface area contributed by atoms with Gasteiger partial charge in [-0.15, -0.1) is 0 Å². The fourth-order valence-corrected chi connectivity index (χ4v) is 2.00. The number of hydrogen-bond donors (Lipinski definition) is 1. The first kappa shape index (κ1) is 11.6. The summed E-state index contributed by atoms with van der Waals surface area (Å²) in [7, 11) is 0. The van der Waals surface area contributed by atoms with Crippen molar-refractivity contribution in [3.63, 3.8) is 0 Å². The number of para-hydroxylation sites is 1. The van der Waals surface area contributed by atoms with Crippen LogP contribution in [0.5, 0.6) is 0 Å². The van der Waals surface area contributed by atoms with Crippen LogP contribution < -0.4 is 10.6 Å². The minimum atomic E-state index is 0.562. The first-order chi connectivity index (χ1) is 9.28. The van der Waals surface area contributed by atoms with E-state index < -0.39 is 0 Å². The van der Waals surface area contributed by atoms with Crippen LogP contribution in [-0.4, -0.2) is 11.5 Å². The van der Waals surface area contributed by atoms with E-state index in [1.807, 2.05) is 42.2 Å². The van der Waals surface area contributed by atoms with Gasteiger partial charge in [-0.05, 0) is 31.2 Å². The van der Waals surface area contributed by atoms with Crippen molar-refractivity contribution in [1.82, 2.24) is 4.98 Å². The molecule has 98 valence electrons. The molecule has 5 heteroatoms. The Morgan fingerprint density at radius 1 is 1.26 bits per heavy atom. The normalized spacial score (nSPS) is 11.0. The predicted molar refractivity (Wildman–Crippen MR) is 73.9 cm³/mol. The molecule has 1 aromatic carbocycles. The maximum absolute atomic E-state index is 5.89. The number of furan rings is 1. The zero-order valence-electron chi connectivity index (χ0n) is 10.7. The van der Waals surface area contributed by atoms with Crippen molar-refractivity contribution in [2.45, 2.75) is 13.5 Å². The summed E-state index contributed by atoms with van der Waals surface area (Å²) in [6.07, 6.45) is 1.66. The van der Waals surface area contributed by atoms with E-state index in [-0.39, 0.29) is 0 Å². The molecule has 2 aromatic heterocycles. The molecule has 0 radical (unpaired) electrons. The van der Waals surface area contributed by atoms with Gasteiger partial charge in [0.25, 0.3) is 6.01 Å². The third-order valence-electron chi connectivity index (χ3n) is 3.02. The predicted octanol–water partition coefficient (Wildman–Crippen LogP) is 3.03. The number of nitrogen functional groups attached to an aromatic ring is 1. The second-order valence-electron chi connectivity index (χ2n) is 4.28. The largest absolute Gasteiger partial charge is 0.467 e. The van der Waals surface area contributed by atoms with Gasteiger partial charge < -0.3 is 19.5 Å². The van der Waals surface area contributed by atoms with Gasteiger partial charge in [-0.25, -0.2) is 0 Å². The third-order valence-corrected chi connectivity index (χ3v) is 3.02. The molecule has 0 fully saturated rings. The molecule has 2 N–H and O–H groups in total. The van der Waals surface area contributed by atoms with Crippen molar-refractivity contribution in [1.29, 1.82) is 0 Å². The van der Waals surface area contributed by atoms with Crippen LogP contribution in [0, 0.1) is 0 Å². The summed E-state index contributed by atoms with van der Waals surface area (Å²) in [5, 5.41) is 0. The van der Waals surface area contributed by atoms with Gasteiger partial charge in [0, 0.05) is 6.54 Å². The lowest BCUT2D eigenvalue weighted by atomic mass is 10.3. The Hall–Kier alpha value is -2.43. The molecule has 0 aliphatic rings. The molecule has 5 nitrogen and oxygen atoms in total. The van der Waals surface area contributed by atoms with Crippen LogP contribution in [0.3, 0.4) is 0 Å². The minimum absolute atomic E-state index is 0.562. The van der Waals surface area contributed by atoms with E-state index in [2.05, 4.69) is 4.98 Å². The summed E-state index contributed by atoms with van der Waals surface area (Å²) < 4.78 is 11.1. The van der Waals surface area contributed by atoms with Crippen LogP contribution in [0.2, 0.25) is 0 Å². The molecule has 0 unspecified atom stereocenters. The molecular weight excluding hydrogens is 242 g/mol. The zero-order valence-corrected chi connectivity index (χ0v) is 10.7. The van der Waals surface area contributed by atoms with Crippen molar-refractivity contribution in [2.24, 2.45) is 0 Å². The lowest BCUT2D eigenvalue weighted by Gasteiger charge is -2.16. The first-order valence-electron chi connectivity index (χ1n) is 6.20. The summed E-state index contributed by atoms with van der Waals surface area (Å²) >= 11 is 0. The van der Waals surface area contributed by atoms with E-state index in [0.29, 0.717) is 29.3 Å². The highest BCUT2D eigenvalue weighted by atomic mass is 16.4. The average molecular weight is 257 g/mol. The Morgan fingerprint density at radius 2 is 2.16 bits per heavy atom. The fraction of sp³-hybridized carbons (Fsp3) is 0.214. The number of fused-ring (bicyclic) bond motifs is 1. The van der Waals surface area contributed by atoms with Crippen LogP contribution in [0.25, 0.3) is 11.1 Å². The van der Waals surface area contributed by atoms with Crippen molar-refractivity contribution in [3.05, 3.63) is 42.4 Å². The molecule has 0 saturated heterocycles. The average Bonchev–Trinajstić information content (AvgIpc) is 3.05. The summed E-state index contributed by atoms with van der Waals surface area (Å²) in [5.74, 6) is 0.872. The fourth-order valence-electron chi connectivity index (χ4n) is 2.00. The summed E-state index contributed by atoms with van der Waals surface area (Å²) in [4.78, 5) is 6.45. The molecule has 0 saturated carbocycles. The second kappa shape index (κ2) is 4.68. The maximum atomic E-state index is 5.89. The molecule has 0 amide bonds. The van der Waals surface area contributed by atoms with Crippen LogP contribution in [-0.2, 0) is 6.54 Å². The van der Waals surface area contributed by atoms with E-state index >= 15 is 0 Å². The van der Waals surface area contributed by atoms with Gasteiger partial charge in [0.05, 0.1) is 18.5 Å². The number of nitrogens with two attached hydrogens (primary N) is 1. The van der Waals surface area contributed by atoms with Crippen LogP contribution in [0.4, 0.5) is 11.7 Å². The molecule has 0 bridgehead atoms. The molecular formula is C14H15N3O2. The molecule has 3 aromatic rings. The number of rotatable bonds is 4. The van der Waals surface area contributed by atoms with Gasteiger partial charge in [0.2, 0.25) is 0 Å². The standard InChI is InChI=1S/C14H15N3O2/c1-2-17(9-10-5-4-8-18-10)14-16-13-11(15)6-3-7-12(13)19-14/h3-8H,2,9,15H2,1H3. The first-order valence-corrected chi connectivity index (χ1v) is 6.20. The second-order valence-corrected chi connectivity index (χ2v) is 4.28. The van der Waals surface area contributed by atoms with Crippen molar-refractivity contribution in [3.8, 4) is 0 Å². The van der Waals surface area contributed by atoms with Gasteiger partial charge in [-0.2, -0.15) is 4.98 Å². The van der Waals surface area contributed by atoms with E-state index in [4.69, 9.17) is 14.6 Å². The SMILES string of the molecule is CCN(Cc1ccco1)c1nc2c(N)cccc2o1. The highest BCUT2D eigenvalue weighted by Crippen LogP contribution is 2.26. The van der Waals surface area contributed by atoms with Crippen LogP contribution in [0.1, 0.15) is 12.7 Å². The Bertz CT molecular complexity index is 673. The Labute approximate surface area is 110 Å². The maximum Gasteiger partial charge on any atom is 0.298 e. The van der Waals surface area contributed by atoms with Crippen LogP contribution >= 0.6 is 0 Å². The number of anilines is 2.